The molecule has 0 amide bonds. The van der Waals surface area contributed by atoms with Crippen molar-refractivity contribution in [3.8, 4) is 5.75 Å². The molecule has 0 radical (unpaired) electrons. The van der Waals surface area contributed by atoms with Gasteiger partial charge in [0.15, 0.2) is 0 Å². The summed E-state index contributed by atoms with van der Waals surface area (Å²) in [5, 5.41) is 9.36. The predicted molar refractivity (Wildman–Crippen MR) is 50.4 cm³/mol. The number of aromatic hydroxyl groups is 1. The lowest BCUT2D eigenvalue weighted by atomic mass is 9.98. The molecule has 13 heavy (non-hydrogen) atoms. The zero-order chi connectivity index (χ0) is 9.90. The smallest absolute Gasteiger partial charge is 0.124 e. The number of rotatable bonds is 3. The van der Waals surface area contributed by atoms with E-state index in [1.54, 1.807) is 24.3 Å². The summed E-state index contributed by atoms with van der Waals surface area (Å²) in [7, 11) is 0. The Bertz CT molecular complexity index is 286. The van der Waals surface area contributed by atoms with E-state index in [0.29, 0.717) is 5.56 Å². The normalized spacial score (nSPS) is 15.3. The average molecular weight is 183 g/mol. The number of phenolic OH excluding ortho intramolecular Hbond substituents is 1. The summed E-state index contributed by atoms with van der Waals surface area (Å²) in [5.41, 5.74) is 4.40. The molecular weight excluding hydrogens is 169 g/mol. The highest BCUT2D eigenvalue weighted by atomic mass is 19.1. The molecule has 1 aromatic rings. The number of hydrogen-bond acceptors (Lipinski definition) is 2. The van der Waals surface area contributed by atoms with E-state index in [9.17, 15) is 9.50 Å². The second-order valence-electron chi connectivity index (χ2n) is 3.42. The Kier molecular flexibility index (Phi) is 2.88. The highest BCUT2D eigenvalue weighted by Crippen LogP contribution is 2.23. The Morgan fingerprint density at radius 2 is 2.08 bits per heavy atom. The molecule has 0 heterocycles. The fraction of sp³-hybridized carbons (Fsp3) is 0.400. The number of benzene rings is 1. The van der Waals surface area contributed by atoms with E-state index in [-0.39, 0.29) is 18.7 Å². The van der Waals surface area contributed by atoms with Gasteiger partial charge in [-0.15, -0.1) is 0 Å². The summed E-state index contributed by atoms with van der Waals surface area (Å²) in [5.74, 6) is 0.125. The zero-order valence-corrected chi connectivity index (χ0v) is 7.63. The van der Waals surface area contributed by atoms with Crippen LogP contribution in [0.4, 0.5) is 4.39 Å². The Balaban J connectivity index is 2.80. The van der Waals surface area contributed by atoms with Crippen LogP contribution in [0, 0.1) is 0 Å². The maximum atomic E-state index is 13.4. The third kappa shape index (κ3) is 2.70. The second kappa shape index (κ2) is 3.75. The monoisotopic (exact) mass is 183 g/mol. The van der Waals surface area contributed by atoms with Gasteiger partial charge in [0.2, 0.25) is 0 Å². The minimum atomic E-state index is -1.45. The van der Waals surface area contributed by atoms with Crippen molar-refractivity contribution in [3.05, 3.63) is 29.8 Å². The lowest BCUT2D eigenvalue weighted by molar-refractivity contribution is 0.198. The molecule has 0 saturated carbocycles. The van der Waals surface area contributed by atoms with Crippen LogP contribution in [0.2, 0.25) is 0 Å². The van der Waals surface area contributed by atoms with E-state index in [0.717, 1.165) is 0 Å². The fourth-order valence-corrected chi connectivity index (χ4v) is 1.13. The lowest BCUT2D eigenvalue weighted by Crippen LogP contribution is -2.31. The maximum absolute atomic E-state index is 13.4. The van der Waals surface area contributed by atoms with E-state index >= 15 is 0 Å². The van der Waals surface area contributed by atoms with Gasteiger partial charge >= 0.3 is 0 Å². The molecule has 0 bridgehead atoms. The first-order valence-corrected chi connectivity index (χ1v) is 4.21. The van der Waals surface area contributed by atoms with Gasteiger partial charge in [-0.1, -0.05) is 18.2 Å². The second-order valence-corrected chi connectivity index (χ2v) is 3.42. The van der Waals surface area contributed by atoms with Crippen LogP contribution in [0.5, 0.6) is 5.75 Å². The van der Waals surface area contributed by atoms with Gasteiger partial charge in [-0.2, -0.15) is 0 Å². The van der Waals surface area contributed by atoms with Crippen molar-refractivity contribution in [1.29, 1.82) is 0 Å². The van der Waals surface area contributed by atoms with Crippen molar-refractivity contribution in [3.63, 3.8) is 0 Å². The van der Waals surface area contributed by atoms with Gasteiger partial charge in [0.25, 0.3) is 0 Å². The van der Waals surface area contributed by atoms with Crippen LogP contribution in [0.25, 0.3) is 0 Å². The van der Waals surface area contributed by atoms with E-state index in [4.69, 9.17) is 5.73 Å². The van der Waals surface area contributed by atoms with Crippen molar-refractivity contribution < 1.29 is 9.50 Å². The summed E-state index contributed by atoms with van der Waals surface area (Å²) in [6, 6.07) is 6.71. The standard InChI is InChI=1S/C10H14FNO/c1-10(11,7-12)6-8-4-2-3-5-9(8)13/h2-5,13H,6-7,12H2,1H3. The zero-order valence-electron chi connectivity index (χ0n) is 7.63. The highest BCUT2D eigenvalue weighted by molar-refractivity contribution is 5.32. The number of nitrogens with two attached hydrogens (primary N) is 1. The fourth-order valence-electron chi connectivity index (χ4n) is 1.13. The topological polar surface area (TPSA) is 46.2 Å². The summed E-state index contributed by atoms with van der Waals surface area (Å²) >= 11 is 0. The molecule has 0 aromatic heterocycles. The van der Waals surface area contributed by atoms with E-state index in [2.05, 4.69) is 0 Å². The van der Waals surface area contributed by atoms with Crippen LogP contribution < -0.4 is 5.73 Å². The van der Waals surface area contributed by atoms with Crippen molar-refractivity contribution in [2.45, 2.75) is 19.0 Å². The molecular formula is C10H14FNO. The van der Waals surface area contributed by atoms with E-state index < -0.39 is 5.67 Å². The van der Waals surface area contributed by atoms with Crippen LogP contribution in [0.15, 0.2) is 24.3 Å². The van der Waals surface area contributed by atoms with Crippen molar-refractivity contribution in [2.24, 2.45) is 5.73 Å². The van der Waals surface area contributed by atoms with Crippen LogP contribution in [-0.2, 0) is 6.42 Å². The Labute approximate surface area is 77.2 Å². The first-order valence-electron chi connectivity index (χ1n) is 4.21. The number of phenols is 1. The van der Waals surface area contributed by atoms with Crippen LogP contribution in [0.1, 0.15) is 12.5 Å². The molecule has 0 aliphatic rings. The van der Waals surface area contributed by atoms with Gasteiger partial charge in [-0.05, 0) is 18.6 Å². The van der Waals surface area contributed by atoms with Gasteiger partial charge in [0, 0.05) is 13.0 Å². The maximum Gasteiger partial charge on any atom is 0.124 e. The number of alkyl halides is 1. The SMILES string of the molecule is CC(F)(CN)Cc1ccccc1O. The molecule has 2 nitrogen and oxygen atoms in total. The van der Waals surface area contributed by atoms with E-state index in [1.807, 2.05) is 0 Å². The average Bonchev–Trinajstić information content (AvgIpc) is 2.09. The number of halogens is 1. The third-order valence-corrected chi connectivity index (χ3v) is 1.98. The Morgan fingerprint density at radius 3 is 2.62 bits per heavy atom. The summed E-state index contributed by atoms with van der Waals surface area (Å²) in [4.78, 5) is 0. The molecule has 1 aromatic carbocycles. The van der Waals surface area contributed by atoms with Crippen LogP contribution in [0.3, 0.4) is 0 Å². The number of para-hydroxylation sites is 1. The van der Waals surface area contributed by atoms with Crippen LogP contribution in [-0.4, -0.2) is 17.3 Å². The summed E-state index contributed by atoms with van der Waals surface area (Å²) in [6.45, 7) is 1.39. The minimum Gasteiger partial charge on any atom is -0.508 e. The summed E-state index contributed by atoms with van der Waals surface area (Å²) in [6.07, 6.45) is 0.149. The quantitative estimate of drug-likeness (QED) is 0.748. The van der Waals surface area contributed by atoms with Crippen LogP contribution >= 0.6 is 0 Å². The first-order chi connectivity index (χ1) is 6.05. The molecule has 3 heteroatoms. The molecule has 1 atom stereocenters. The van der Waals surface area contributed by atoms with Gasteiger partial charge in [0.05, 0.1) is 0 Å². The predicted octanol–water partition coefficient (Wildman–Crippen LogP) is 1.62. The lowest BCUT2D eigenvalue weighted by Gasteiger charge is -2.18. The molecule has 0 fully saturated rings. The number of hydrogen-bond donors (Lipinski definition) is 2. The molecule has 0 aliphatic heterocycles. The Hall–Kier alpha value is -1.09. The van der Waals surface area contributed by atoms with Gasteiger partial charge in [-0.25, -0.2) is 4.39 Å². The van der Waals surface area contributed by atoms with Gasteiger partial charge < -0.3 is 10.8 Å². The summed E-state index contributed by atoms with van der Waals surface area (Å²) < 4.78 is 13.4. The molecule has 1 unspecified atom stereocenters. The molecule has 3 N–H and O–H groups in total. The Morgan fingerprint density at radius 1 is 1.46 bits per heavy atom. The van der Waals surface area contributed by atoms with Gasteiger partial charge in [-0.3, -0.25) is 0 Å². The van der Waals surface area contributed by atoms with Gasteiger partial charge in [0.1, 0.15) is 11.4 Å². The van der Waals surface area contributed by atoms with Crippen molar-refractivity contribution in [1.82, 2.24) is 0 Å². The van der Waals surface area contributed by atoms with Crippen molar-refractivity contribution >= 4 is 0 Å². The minimum absolute atomic E-state index is 0.0403. The molecule has 0 spiro atoms. The first kappa shape index (κ1) is 9.99. The highest BCUT2D eigenvalue weighted by Gasteiger charge is 2.22. The largest absolute Gasteiger partial charge is 0.508 e. The molecule has 0 saturated heterocycles. The molecule has 72 valence electrons. The third-order valence-electron chi connectivity index (χ3n) is 1.98. The van der Waals surface area contributed by atoms with E-state index in [1.165, 1.54) is 6.92 Å². The van der Waals surface area contributed by atoms with Crippen molar-refractivity contribution in [2.75, 3.05) is 6.54 Å². The molecule has 0 aliphatic carbocycles. The molecule has 1 rings (SSSR count).